The van der Waals surface area contributed by atoms with Gasteiger partial charge in [-0.05, 0) is 49.7 Å². The van der Waals surface area contributed by atoms with Gasteiger partial charge in [0.1, 0.15) is 11.9 Å². The number of nitrogens with zero attached hydrogens (tertiary/aromatic N) is 2. The van der Waals surface area contributed by atoms with Crippen LogP contribution in [0.15, 0.2) is 24.3 Å². The third-order valence-electron chi connectivity index (χ3n) is 3.51. The Kier molecular flexibility index (Phi) is 2.78. The molecule has 2 aliphatic rings. The second-order valence-electron chi connectivity index (χ2n) is 4.64. The first-order valence-corrected chi connectivity index (χ1v) is 6.49. The summed E-state index contributed by atoms with van der Waals surface area (Å²) in [6.07, 6.45) is 2.94. The van der Waals surface area contributed by atoms with Crippen molar-refractivity contribution < 1.29 is 9.18 Å². The van der Waals surface area contributed by atoms with Crippen LogP contribution in [0.1, 0.15) is 19.3 Å². The summed E-state index contributed by atoms with van der Waals surface area (Å²) in [5.41, 5.74) is 0.527. The maximum Gasteiger partial charge on any atom is 0.256 e. The minimum Gasteiger partial charge on any atom is -0.336 e. The Hall–Kier alpha value is -1.49. The Balaban J connectivity index is 1.97. The Bertz CT molecular complexity index is 495. The Morgan fingerprint density at radius 3 is 2.89 bits per heavy atom. The van der Waals surface area contributed by atoms with Crippen LogP contribution >= 0.6 is 12.2 Å². The van der Waals surface area contributed by atoms with Crippen LogP contribution in [-0.4, -0.2) is 28.5 Å². The number of benzene rings is 1. The number of hydrogen-bond acceptors (Lipinski definition) is 2. The molecule has 0 N–H and O–H groups in total. The van der Waals surface area contributed by atoms with Gasteiger partial charge in [-0.25, -0.2) is 4.39 Å². The van der Waals surface area contributed by atoms with Crippen molar-refractivity contribution in [3.8, 4) is 0 Å². The molecule has 1 amide bonds. The van der Waals surface area contributed by atoms with E-state index in [0.29, 0.717) is 10.8 Å². The van der Waals surface area contributed by atoms with Crippen LogP contribution in [0.5, 0.6) is 0 Å². The molecule has 3 nitrogen and oxygen atoms in total. The number of halogens is 1. The zero-order valence-electron chi connectivity index (χ0n) is 9.80. The van der Waals surface area contributed by atoms with Gasteiger partial charge >= 0.3 is 0 Å². The predicted molar refractivity (Wildman–Crippen MR) is 70.8 cm³/mol. The highest BCUT2D eigenvalue weighted by molar-refractivity contribution is 7.80. The molecule has 0 spiro atoms. The number of carbonyl (C=O) groups is 1. The van der Waals surface area contributed by atoms with E-state index < -0.39 is 0 Å². The summed E-state index contributed by atoms with van der Waals surface area (Å²) in [7, 11) is 0. The SMILES string of the molecule is O=C1[C@H]2CCCCN2C(=S)N1c1cccc(F)c1. The fourth-order valence-corrected chi connectivity index (χ4v) is 3.06. The van der Waals surface area contributed by atoms with Gasteiger partial charge in [0.15, 0.2) is 5.11 Å². The van der Waals surface area contributed by atoms with E-state index in [4.69, 9.17) is 12.2 Å². The standard InChI is InChI=1S/C13H13FN2OS/c14-9-4-3-5-10(8-9)16-12(17)11-6-1-2-7-15(11)13(16)18/h3-5,8,11H,1-2,6-7H2/t11-/m1/s1. The minimum absolute atomic E-state index is 0.0229. The van der Waals surface area contributed by atoms with Crippen molar-refractivity contribution >= 4 is 28.9 Å². The summed E-state index contributed by atoms with van der Waals surface area (Å²) in [5.74, 6) is -0.377. The molecule has 0 unspecified atom stereocenters. The lowest BCUT2D eigenvalue weighted by Crippen LogP contribution is -2.38. The van der Waals surface area contributed by atoms with Crippen molar-refractivity contribution in [2.75, 3.05) is 11.4 Å². The number of anilines is 1. The average Bonchev–Trinajstić information content (AvgIpc) is 2.63. The second-order valence-corrected chi connectivity index (χ2v) is 5.01. The van der Waals surface area contributed by atoms with Crippen molar-refractivity contribution in [2.24, 2.45) is 0 Å². The van der Waals surface area contributed by atoms with E-state index >= 15 is 0 Å². The number of amides is 1. The predicted octanol–water partition coefficient (Wildman–Crippen LogP) is 2.31. The normalized spacial score (nSPS) is 23.5. The number of carbonyl (C=O) groups excluding carboxylic acids is 1. The summed E-state index contributed by atoms with van der Waals surface area (Å²) in [4.78, 5) is 15.8. The number of fused-ring (bicyclic) bond motifs is 1. The molecule has 5 heteroatoms. The fourth-order valence-electron chi connectivity index (χ4n) is 2.64. The van der Waals surface area contributed by atoms with Crippen LogP contribution in [0.25, 0.3) is 0 Å². The maximum absolute atomic E-state index is 13.3. The van der Waals surface area contributed by atoms with Crippen molar-refractivity contribution in [3.05, 3.63) is 30.1 Å². The number of hydrogen-bond donors (Lipinski definition) is 0. The van der Waals surface area contributed by atoms with E-state index in [-0.39, 0.29) is 17.8 Å². The van der Waals surface area contributed by atoms with Crippen LogP contribution in [-0.2, 0) is 4.79 Å². The van der Waals surface area contributed by atoms with Crippen molar-refractivity contribution in [3.63, 3.8) is 0 Å². The Morgan fingerprint density at radius 1 is 1.33 bits per heavy atom. The van der Waals surface area contributed by atoms with Crippen molar-refractivity contribution in [2.45, 2.75) is 25.3 Å². The molecule has 2 saturated heterocycles. The summed E-state index contributed by atoms with van der Waals surface area (Å²) in [6.45, 7) is 0.820. The average molecular weight is 264 g/mol. The Labute approximate surface area is 110 Å². The molecule has 1 atom stereocenters. The van der Waals surface area contributed by atoms with Gasteiger partial charge < -0.3 is 4.90 Å². The molecule has 2 heterocycles. The van der Waals surface area contributed by atoms with Crippen LogP contribution in [0.4, 0.5) is 10.1 Å². The monoisotopic (exact) mass is 264 g/mol. The molecule has 0 aliphatic carbocycles. The van der Waals surface area contributed by atoms with E-state index in [0.717, 1.165) is 25.8 Å². The van der Waals surface area contributed by atoms with Gasteiger partial charge in [0.05, 0.1) is 5.69 Å². The van der Waals surface area contributed by atoms with E-state index in [1.54, 1.807) is 12.1 Å². The largest absolute Gasteiger partial charge is 0.336 e. The van der Waals surface area contributed by atoms with Crippen LogP contribution in [0, 0.1) is 5.82 Å². The zero-order valence-corrected chi connectivity index (χ0v) is 10.6. The molecule has 94 valence electrons. The van der Waals surface area contributed by atoms with Crippen molar-refractivity contribution in [1.29, 1.82) is 0 Å². The zero-order chi connectivity index (χ0) is 12.7. The van der Waals surface area contributed by atoms with Crippen LogP contribution in [0.3, 0.4) is 0 Å². The topological polar surface area (TPSA) is 23.6 Å². The lowest BCUT2D eigenvalue weighted by molar-refractivity contribution is -0.120. The Morgan fingerprint density at radius 2 is 2.17 bits per heavy atom. The molecule has 1 aromatic carbocycles. The fraction of sp³-hybridized carbons (Fsp3) is 0.385. The number of rotatable bonds is 1. The second kappa shape index (κ2) is 4.31. The molecule has 0 aromatic heterocycles. The van der Waals surface area contributed by atoms with Gasteiger partial charge in [-0.1, -0.05) is 6.07 Å². The molecule has 0 saturated carbocycles. The van der Waals surface area contributed by atoms with Crippen LogP contribution < -0.4 is 4.90 Å². The first-order chi connectivity index (χ1) is 8.68. The highest BCUT2D eigenvalue weighted by Crippen LogP contribution is 2.30. The van der Waals surface area contributed by atoms with Gasteiger partial charge in [0.25, 0.3) is 5.91 Å². The van der Waals surface area contributed by atoms with Gasteiger partial charge in [-0.15, -0.1) is 0 Å². The molecule has 0 bridgehead atoms. The van der Waals surface area contributed by atoms with Gasteiger partial charge in [-0.2, -0.15) is 0 Å². The lowest BCUT2D eigenvalue weighted by atomic mass is 10.0. The highest BCUT2D eigenvalue weighted by Gasteiger charge is 2.43. The summed E-state index contributed by atoms with van der Waals surface area (Å²) in [6, 6.07) is 5.88. The van der Waals surface area contributed by atoms with Gasteiger partial charge in [0, 0.05) is 6.54 Å². The quantitative estimate of drug-likeness (QED) is 0.727. The van der Waals surface area contributed by atoms with E-state index in [1.165, 1.54) is 17.0 Å². The molecule has 1 aromatic rings. The molecular weight excluding hydrogens is 251 g/mol. The molecule has 2 fully saturated rings. The summed E-state index contributed by atoms with van der Waals surface area (Å²) < 4.78 is 13.3. The smallest absolute Gasteiger partial charge is 0.256 e. The molecule has 3 rings (SSSR count). The van der Waals surface area contributed by atoms with Crippen LogP contribution in [0.2, 0.25) is 0 Å². The van der Waals surface area contributed by atoms with Gasteiger partial charge in [0.2, 0.25) is 0 Å². The number of piperidine rings is 1. The first-order valence-electron chi connectivity index (χ1n) is 6.08. The third-order valence-corrected chi connectivity index (χ3v) is 3.93. The third kappa shape index (κ3) is 1.70. The molecule has 0 radical (unpaired) electrons. The van der Waals surface area contributed by atoms with Gasteiger partial charge in [-0.3, -0.25) is 9.69 Å². The minimum atomic E-state index is -0.354. The highest BCUT2D eigenvalue weighted by atomic mass is 32.1. The van der Waals surface area contributed by atoms with E-state index in [9.17, 15) is 9.18 Å². The maximum atomic E-state index is 13.3. The van der Waals surface area contributed by atoms with E-state index in [1.807, 2.05) is 4.90 Å². The molecule has 18 heavy (non-hydrogen) atoms. The molecular formula is C13H13FN2OS. The molecule has 2 aliphatic heterocycles. The number of thiocarbonyl (C=S) groups is 1. The van der Waals surface area contributed by atoms with E-state index in [2.05, 4.69) is 0 Å². The summed E-state index contributed by atoms with van der Waals surface area (Å²) in [5, 5.41) is 0.510. The summed E-state index contributed by atoms with van der Waals surface area (Å²) >= 11 is 5.35. The first kappa shape index (κ1) is 11.6. The lowest BCUT2D eigenvalue weighted by Gasteiger charge is -2.27. The van der Waals surface area contributed by atoms with Crippen molar-refractivity contribution in [1.82, 2.24) is 4.90 Å².